The lowest BCUT2D eigenvalue weighted by molar-refractivity contribution is -0.137. The van der Waals surface area contributed by atoms with Crippen molar-refractivity contribution in [1.82, 2.24) is 0 Å². The quantitative estimate of drug-likeness (QED) is 0.570. The third-order valence-corrected chi connectivity index (χ3v) is 2.26. The summed E-state index contributed by atoms with van der Waals surface area (Å²) < 4.78 is 0. The second-order valence-corrected chi connectivity index (χ2v) is 3.50. The van der Waals surface area contributed by atoms with Gasteiger partial charge in [0.25, 0.3) is 0 Å². The highest BCUT2D eigenvalue weighted by Gasteiger charge is 2.05. The molecule has 1 fully saturated rings. The van der Waals surface area contributed by atoms with E-state index in [0.29, 0.717) is 11.5 Å². The Morgan fingerprint density at radius 2 is 1.60 bits per heavy atom. The van der Waals surface area contributed by atoms with Crippen LogP contribution in [0.5, 0.6) is 5.75 Å². The van der Waals surface area contributed by atoms with Gasteiger partial charge in [0.05, 0.1) is 0 Å². The largest absolute Gasteiger partial charge is 0.340 e. The number of carbonyl (C=O) groups excluding carboxylic acids is 1. The first kappa shape index (κ1) is 11.7. The molecule has 1 aromatic carbocycles. The van der Waals surface area contributed by atoms with Gasteiger partial charge in [0, 0.05) is 12.8 Å². The third-order valence-electron chi connectivity index (χ3n) is 2.26. The Kier molecular flexibility index (Phi) is 5.48. The highest BCUT2D eigenvalue weighted by Crippen LogP contribution is 2.12. The summed E-state index contributed by atoms with van der Waals surface area (Å²) in [5.74, 6) is 0.929. The maximum atomic E-state index is 10.5. The smallest absolute Gasteiger partial charge is 0.165 e. The Hall–Kier alpha value is -1.35. The lowest BCUT2D eigenvalue weighted by Gasteiger charge is -2.05. The summed E-state index contributed by atoms with van der Waals surface area (Å²) in [6.07, 6.45) is 5.24. The van der Waals surface area contributed by atoms with Crippen molar-refractivity contribution in [2.75, 3.05) is 0 Å². The van der Waals surface area contributed by atoms with Crippen LogP contribution in [-0.2, 0) is 4.79 Å². The summed E-state index contributed by atoms with van der Waals surface area (Å²) in [6.45, 7) is 0. The predicted octanol–water partition coefficient (Wildman–Crippen LogP) is 3.06. The van der Waals surface area contributed by atoms with Gasteiger partial charge < -0.3 is 4.89 Å². The molecule has 2 rings (SSSR count). The van der Waals surface area contributed by atoms with Crippen molar-refractivity contribution in [1.29, 1.82) is 0 Å². The Morgan fingerprint density at radius 3 is 1.93 bits per heavy atom. The molecule has 0 spiro atoms. The minimum atomic E-state index is 0.464. The Morgan fingerprint density at radius 1 is 1.00 bits per heavy atom. The number of hydrogen-bond donors (Lipinski definition) is 1. The van der Waals surface area contributed by atoms with Crippen LogP contribution in [0.2, 0.25) is 0 Å². The van der Waals surface area contributed by atoms with Crippen molar-refractivity contribution in [3.8, 4) is 5.75 Å². The van der Waals surface area contributed by atoms with Gasteiger partial charge in [0.15, 0.2) is 5.75 Å². The fourth-order valence-corrected chi connectivity index (χ4v) is 1.43. The summed E-state index contributed by atoms with van der Waals surface area (Å²) >= 11 is 0. The average Bonchev–Trinajstić information content (AvgIpc) is 2.32. The van der Waals surface area contributed by atoms with E-state index in [-0.39, 0.29) is 0 Å². The molecule has 1 aliphatic rings. The maximum Gasteiger partial charge on any atom is 0.165 e. The fourth-order valence-electron chi connectivity index (χ4n) is 1.43. The van der Waals surface area contributed by atoms with Crippen LogP contribution < -0.4 is 4.89 Å². The molecule has 0 atom stereocenters. The normalized spacial score (nSPS) is 15.1. The van der Waals surface area contributed by atoms with E-state index in [4.69, 9.17) is 5.26 Å². The van der Waals surface area contributed by atoms with E-state index >= 15 is 0 Å². The van der Waals surface area contributed by atoms with Crippen LogP contribution in [0.15, 0.2) is 30.3 Å². The zero-order valence-electron chi connectivity index (χ0n) is 8.69. The second kappa shape index (κ2) is 7.01. The van der Waals surface area contributed by atoms with E-state index in [0.717, 1.165) is 25.7 Å². The third kappa shape index (κ3) is 5.18. The van der Waals surface area contributed by atoms with Crippen LogP contribution in [-0.4, -0.2) is 11.0 Å². The summed E-state index contributed by atoms with van der Waals surface area (Å²) in [5, 5.41) is 8.04. The summed E-state index contributed by atoms with van der Waals surface area (Å²) in [6, 6.07) is 8.75. The number of Topliss-reactive ketones (excluding diaryl/α,β-unsaturated/α-hetero) is 1. The van der Waals surface area contributed by atoms with Gasteiger partial charge in [-0.15, -0.1) is 0 Å². The molecular weight excluding hydrogens is 192 g/mol. The molecule has 1 aromatic rings. The topological polar surface area (TPSA) is 46.5 Å². The zero-order chi connectivity index (χ0) is 10.9. The predicted molar refractivity (Wildman–Crippen MR) is 57.8 cm³/mol. The van der Waals surface area contributed by atoms with Crippen LogP contribution >= 0.6 is 0 Å². The van der Waals surface area contributed by atoms with Crippen LogP contribution in [0.25, 0.3) is 0 Å². The number of benzene rings is 1. The molecule has 1 saturated carbocycles. The van der Waals surface area contributed by atoms with Crippen molar-refractivity contribution in [3.63, 3.8) is 0 Å². The molecule has 0 bridgehead atoms. The zero-order valence-corrected chi connectivity index (χ0v) is 8.69. The number of rotatable bonds is 1. The highest BCUT2D eigenvalue weighted by molar-refractivity contribution is 5.78. The van der Waals surface area contributed by atoms with E-state index in [1.54, 1.807) is 24.3 Å². The van der Waals surface area contributed by atoms with E-state index in [2.05, 4.69) is 4.89 Å². The molecule has 0 aromatic heterocycles. The highest BCUT2D eigenvalue weighted by atomic mass is 17.1. The van der Waals surface area contributed by atoms with E-state index in [1.165, 1.54) is 6.42 Å². The van der Waals surface area contributed by atoms with Gasteiger partial charge in [-0.05, 0) is 25.0 Å². The lowest BCUT2D eigenvalue weighted by atomic mass is 10.00. The second-order valence-electron chi connectivity index (χ2n) is 3.50. The van der Waals surface area contributed by atoms with Crippen molar-refractivity contribution in [3.05, 3.63) is 30.3 Å². The van der Waals surface area contributed by atoms with Crippen LogP contribution in [0.4, 0.5) is 0 Å². The Labute approximate surface area is 89.6 Å². The molecule has 0 aliphatic heterocycles. The molecule has 0 heterocycles. The molecular formula is C12H16O3. The minimum absolute atomic E-state index is 0.464. The summed E-state index contributed by atoms with van der Waals surface area (Å²) in [4.78, 5) is 14.4. The Bertz CT molecular complexity index is 274. The first-order valence-electron chi connectivity index (χ1n) is 5.21. The molecule has 1 aliphatic carbocycles. The van der Waals surface area contributed by atoms with Gasteiger partial charge in [-0.2, -0.15) is 0 Å². The van der Waals surface area contributed by atoms with Crippen LogP contribution in [0.3, 0.4) is 0 Å². The molecule has 0 radical (unpaired) electrons. The van der Waals surface area contributed by atoms with Crippen molar-refractivity contribution in [2.24, 2.45) is 0 Å². The maximum absolute atomic E-state index is 10.5. The molecule has 1 N–H and O–H groups in total. The standard InChI is InChI=1S/C6H6O2.C6H10O/c7-8-6-4-2-1-3-5-6;7-6-4-2-1-3-5-6/h1-5,7H;1-5H2. The van der Waals surface area contributed by atoms with Gasteiger partial charge in [-0.3, -0.25) is 4.79 Å². The van der Waals surface area contributed by atoms with Crippen molar-refractivity contribution < 1.29 is 14.9 Å². The molecule has 3 nitrogen and oxygen atoms in total. The van der Waals surface area contributed by atoms with E-state index in [1.807, 2.05) is 6.07 Å². The number of ketones is 1. The van der Waals surface area contributed by atoms with Gasteiger partial charge in [-0.1, -0.05) is 24.6 Å². The number of hydrogen-bond acceptors (Lipinski definition) is 3. The first-order valence-corrected chi connectivity index (χ1v) is 5.21. The molecule has 0 amide bonds. The van der Waals surface area contributed by atoms with Gasteiger partial charge in [0.1, 0.15) is 5.78 Å². The molecule has 3 heteroatoms. The van der Waals surface area contributed by atoms with Crippen LogP contribution in [0.1, 0.15) is 32.1 Å². The van der Waals surface area contributed by atoms with Gasteiger partial charge >= 0.3 is 0 Å². The number of para-hydroxylation sites is 1. The fraction of sp³-hybridized carbons (Fsp3) is 0.417. The SMILES string of the molecule is O=C1CCCCC1.OOc1ccccc1. The molecule has 82 valence electrons. The Balaban J connectivity index is 0.000000151. The van der Waals surface area contributed by atoms with Crippen molar-refractivity contribution in [2.45, 2.75) is 32.1 Å². The van der Waals surface area contributed by atoms with E-state index in [9.17, 15) is 4.79 Å². The first-order chi connectivity index (χ1) is 7.33. The molecule has 0 saturated heterocycles. The van der Waals surface area contributed by atoms with Crippen molar-refractivity contribution >= 4 is 5.78 Å². The van der Waals surface area contributed by atoms with Gasteiger partial charge in [-0.25, -0.2) is 5.26 Å². The summed E-state index contributed by atoms with van der Waals surface area (Å²) in [5.41, 5.74) is 0. The molecule has 0 unspecified atom stereocenters. The average molecular weight is 208 g/mol. The lowest BCUT2D eigenvalue weighted by Crippen LogP contribution is -2.02. The number of carbonyl (C=O) groups is 1. The van der Waals surface area contributed by atoms with E-state index < -0.39 is 0 Å². The van der Waals surface area contributed by atoms with Gasteiger partial charge in [0.2, 0.25) is 0 Å². The molecule has 15 heavy (non-hydrogen) atoms. The van der Waals surface area contributed by atoms with Crippen LogP contribution in [0, 0.1) is 0 Å². The monoisotopic (exact) mass is 208 g/mol. The minimum Gasteiger partial charge on any atom is -0.340 e. The summed E-state index contributed by atoms with van der Waals surface area (Å²) in [7, 11) is 0.